The maximum atomic E-state index is 12.1. The summed E-state index contributed by atoms with van der Waals surface area (Å²) < 4.78 is 0. The van der Waals surface area contributed by atoms with E-state index in [1.807, 2.05) is 0 Å². The Morgan fingerprint density at radius 2 is 1.84 bits per heavy atom. The molecule has 1 aromatic rings. The number of benzene rings is 1. The van der Waals surface area contributed by atoms with Gasteiger partial charge in [-0.2, -0.15) is 0 Å². The van der Waals surface area contributed by atoms with Crippen molar-refractivity contribution < 1.29 is 14.7 Å². The van der Waals surface area contributed by atoms with Crippen LogP contribution in [0.25, 0.3) is 0 Å². The van der Waals surface area contributed by atoms with Crippen LogP contribution < -0.4 is 5.32 Å². The number of carbonyl (C=O) groups excluding carboxylic acids is 1. The van der Waals surface area contributed by atoms with Crippen molar-refractivity contribution in [2.75, 3.05) is 0 Å². The third kappa shape index (κ3) is 3.01. The van der Waals surface area contributed by atoms with Gasteiger partial charge in [0, 0.05) is 6.04 Å². The third-order valence-corrected chi connectivity index (χ3v) is 3.97. The highest BCUT2D eigenvalue weighted by Gasteiger charge is 2.34. The van der Waals surface area contributed by atoms with Gasteiger partial charge in [-0.3, -0.25) is 9.59 Å². The van der Waals surface area contributed by atoms with Crippen molar-refractivity contribution in [3.63, 3.8) is 0 Å². The molecule has 1 aromatic carbocycles. The first-order valence-corrected chi connectivity index (χ1v) is 6.74. The van der Waals surface area contributed by atoms with Crippen LogP contribution >= 0.6 is 23.2 Å². The number of rotatable bonds is 3. The molecule has 2 unspecified atom stereocenters. The van der Waals surface area contributed by atoms with E-state index >= 15 is 0 Å². The van der Waals surface area contributed by atoms with Crippen LogP contribution in [0.2, 0.25) is 10.0 Å². The second kappa shape index (κ2) is 5.80. The van der Waals surface area contributed by atoms with Gasteiger partial charge in [-0.1, -0.05) is 35.7 Å². The lowest BCUT2D eigenvalue weighted by Crippen LogP contribution is -2.40. The van der Waals surface area contributed by atoms with Gasteiger partial charge in [-0.15, -0.1) is 0 Å². The molecule has 0 heterocycles. The normalized spacial score (nSPS) is 22.2. The lowest BCUT2D eigenvalue weighted by atomic mass is 10.0. The van der Waals surface area contributed by atoms with Crippen molar-refractivity contribution in [2.45, 2.75) is 25.3 Å². The van der Waals surface area contributed by atoms with E-state index in [1.165, 1.54) is 0 Å². The molecule has 0 aliphatic heterocycles. The molecule has 1 amide bonds. The highest BCUT2D eigenvalue weighted by molar-refractivity contribution is 6.39. The largest absolute Gasteiger partial charge is 0.481 e. The number of aliphatic carboxylic acids is 1. The van der Waals surface area contributed by atoms with Crippen LogP contribution in [-0.4, -0.2) is 23.0 Å². The van der Waals surface area contributed by atoms with E-state index in [4.69, 9.17) is 28.3 Å². The van der Waals surface area contributed by atoms with Gasteiger partial charge in [-0.05, 0) is 25.0 Å². The van der Waals surface area contributed by atoms with Crippen molar-refractivity contribution in [1.82, 2.24) is 5.32 Å². The molecule has 4 nitrogen and oxygen atoms in total. The Labute approximate surface area is 120 Å². The van der Waals surface area contributed by atoms with E-state index in [0.29, 0.717) is 12.8 Å². The van der Waals surface area contributed by atoms with E-state index in [-0.39, 0.29) is 21.7 Å². The Morgan fingerprint density at radius 1 is 1.21 bits per heavy atom. The molecule has 0 radical (unpaired) electrons. The Bertz CT molecular complexity index is 498. The molecule has 2 N–H and O–H groups in total. The zero-order valence-corrected chi connectivity index (χ0v) is 11.5. The minimum absolute atomic E-state index is 0.196. The number of nitrogens with one attached hydrogen (secondary N) is 1. The molecule has 1 saturated carbocycles. The molecule has 2 rings (SSSR count). The summed E-state index contributed by atoms with van der Waals surface area (Å²) >= 11 is 11.9. The maximum Gasteiger partial charge on any atom is 0.308 e. The topological polar surface area (TPSA) is 66.4 Å². The molecule has 6 heteroatoms. The van der Waals surface area contributed by atoms with E-state index in [0.717, 1.165) is 6.42 Å². The Kier molecular flexibility index (Phi) is 4.32. The zero-order valence-electron chi connectivity index (χ0n) is 10.0. The Balaban J connectivity index is 2.15. The number of hydrogen-bond donors (Lipinski definition) is 2. The third-order valence-electron chi connectivity index (χ3n) is 3.34. The highest BCUT2D eigenvalue weighted by Crippen LogP contribution is 2.28. The molecule has 2 atom stereocenters. The fourth-order valence-electron chi connectivity index (χ4n) is 2.38. The summed E-state index contributed by atoms with van der Waals surface area (Å²) in [6.45, 7) is 0. The quantitative estimate of drug-likeness (QED) is 0.902. The number of halogens is 2. The molecule has 1 fully saturated rings. The van der Waals surface area contributed by atoms with E-state index in [2.05, 4.69) is 5.32 Å². The van der Waals surface area contributed by atoms with Gasteiger partial charge < -0.3 is 10.4 Å². The Morgan fingerprint density at radius 3 is 2.42 bits per heavy atom. The molecule has 1 aliphatic rings. The summed E-state index contributed by atoms with van der Waals surface area (Å²) in [5.74, 6) is -1.84. The van der Waals surface area contributed by atoms with Gasteiger partial charge in [0.1, 0.15) is 0 Å². The predicted molar refractivity (Wildman–Crippen MR) is 72.7 cm³/mol. The molecule has 0 aromatic heterocycles. The molecule has 102 valence electrons. The second-order valence-electron chi connectivity index (χ2n) is 4.55. The predicted octanol–water partition coefficient (Wildman–Crippen LogP) is 2.98. The smallest absolute Gasteiger partial charge is 0.308 e. The van der Waals surface area contributed by atoms with Gasteiger partial charge in [0.25, 0.3) is 5.91 Å². The van der Waals surface area contributed by atoms with E-state index in [9.17, 15) is 9.59 Å². The van der Waals surface area contributed by atoms with Gasteiger partial charge >= 0.3 is 5.97 Å². The zero-order chi connectivity index (χ0) is 14.0. The maximum absolute atomic E-state index is 12.1. The fourth-order valence-corrected chi connectivity index (χ4v) is 2.95. The van der Waals surface area contributed by atoms with Gasteiger partial charge in [0.15, 0.2) is 0 Å². The van der Waals surface area contributed by atoms with Crippen LogP contribution in [0.5, 0.6) is 0 Å². The van der Waals surface area contributed by atoms with Gasteiger partial charge in [0.05, 0.1) is 21.5 Å². The highest BCUT2D eigenvalue weighted by atomic mass is 35.5. The minimum atomic E-state index is -0.881. The van der Waals surface area contributed by atoms with Crippen LogP contribution in [0, 0.1) is 5.92 Å². The number of amides is 1. The van der Waals surface area contributed by atoms with Crippen molar-refractivity contribution >= 4 is 35.1 Å². The van der Waals surface area contributed by atoms with Crippen LogP contribution in [-0.2, 0) is 4.79 Å². The van der Waals surface area contributed by atoms with Crippen LogP contribution in [0.3, 0.4) is 0 Å². The fraction of sp³-hybridized carbons (Fsp3) is 0.385. The standard InChI is InChI=1S/C13H13Cl2NO3/c14-8-4-2-5-9(15)11(8)12(17)16-10-6-1-3-7(10)13(18)19/h2,4-5,7,10H,1,3,6H2,(H,16,17)(H,18,19). The van der Waals surface area contributed by atoms with Crippen molar-refractivity contribution in [1.29, 1.82) is 0 Å². The molecule has 1 aliphatic carbocycles. The van der Waals surface area contributed by atoms with E-state index < -0.39 is 17.8 Å². The lowest BCUT2D eigenvalue weighted by molar-refractivity contribution is -0.142. The van der Waals surface area contributed by atoms with Crippen molar-refractivity contribution in [3.05, 3.63) is 33.8 Å². The molecular formula is C13H13Cl2NO3. The number of carbonyl (C=O) groups is 2. The lowest BCUT2D eigenvalue weighted by Gasteiger charge is -2.18. The summed E-state index contributed by atoms with van der Waals surface area (Å²) in [5.41, 5.74) is 0.196. The first-order valence-electron chi connectivity index (χ1n) is 5.98. The summed E-state index contributed by atoms with van der Waals surface area (Å²) in [6, 6.07) is 4.44. The minimum Gasteiger partial charge on any atom is -0.481 e. The molecule has 0 bridgehead atoms. The molecule has 19 heavy (non-hydrogen) atoms. The first kappa shape index (κ1) is 14.2. The summed E-state index contributed by atoms with van der Waals surface area (Å²) in [7, 11) is 0. The summed E-state index contributed by atoms with van der Waals surface area (Å²) in [5, 5.41) is 12.3. The second-order valence-corrected chi connectivity index (χ2v) is 5.37. The van der Waals surface area contributed by atoms with Crippen molar-refractivity contribution in [3.8, 4) is 0 Å². The van der Waals surface area contributed by atoms with Crippen LogP contribution in [0.1, 0.15) is 29.6 Å². The average Bonchev–Trinajstić information content (AvgIpc) is 2.76. The SMILES string of the molecule is O=C(NC1CCCC1C(=O)O)c1c(Cl)cccc1Cl. The summed E-state index contributed by atoms with van der Waals surface area (Å²) in [6.07, 6.45) is 2.03. The number of carboxylic acid groups (broad SMARTS) is 1. The van der Waals surface area contributed by atoms with Gasteiger partial charge in [-0.25, -0.2) is 0 Å². The molecular weight excluding hydrogens is 289 g/mol. The summed E-state index contributed by atoms with van der Waals surface area (Å²) in [4.78, 5) is 23.2. The number of carboxylic acids is 1. The van der Waals surface area contributed by atoms with Crippen LogP contribution in [0.4, 0.5) is 0 Å². The monoisotopic (exact) mass is 301 g/mol. The number of hydrogen-bond acceptors (Lipinski definition) is 2. The van der Waals surface area contributed by atoms with E-state index in [1.54, 1.807) is 18.2 Å². The van der Waals surface area contributed by atoms with Gasteiger partial charge in [0.2, 0.25) is 0 Å². The molecule has 0 spiro atoms. The van der Waals surface area contributed by atoms with Crippen LogP contribution in [0.15, 0.2) is 18.2 Å². The molecule has 0 saturated heterocycles. The first-order chi connectivity index (χ1) is 9.00. The average molecular weight is 302 g/mol. The van der Waals surface area contributed by atoms with Crippen molar-refractivity contribution in [2.24, 2.45) is 5.92 Å². The Hall–Kier alpha value is -1.26.